The number of anilines is 2. The molecule has 3 aromatic rings. The van der Waals surface area contributed by atoms with Crippen molar-refractivity contribution in [3.05, 3.63) is 29.7 Å². The first-order chi connectivity index (χ1) is 11.5. The van der Waals surface area contributed by atoms with E-state index >= 15 is 0 Å². The van der Waals surface area contributed by atoms with Gasteiger partial charge < -0.3 is 15.0 Å². The first-order valence-electron chi connectivity index (χ1n) is 7.60. The lowest BCUT2D eigenvalue weighted by Gasteiger charge is -2.17. The zero-order chi connectivity index (χ0) is 17.3. The maximum Gasteiger partial charge on any atom is 0.223 e. The normalized spacial score (nSPS) is 10.9. The number of aryl methyl sites for hydroxylation is 2. The summed E-state index contributed by atoms with van der Waals surface area (Å²) in [6.07, 6.45) is 3.27. The van der Waals surface area contributed by atoms with E-state index < -0.39 is 0 Å². The SMILES string of the molecule is COc1cnc(NCc2cc3c(C)nn(C)c3nc2N(C)C)nc1. The molecular weight excluding hydrogens is 306 g/mol. The van der Waals surface area contributed by atoms with Crippen molar-refractivity contribution in [2.45, 2.75) is 13.5 Å². The van der Waals surface area contributed by atoms with Gasteiger partial charge in [-0.2, -0.15) is 5.10 Å². The molecule has 0 aliphatic rings. The molecule has 3 aromatic heterocycles. The molecule has 3 heterocycles. The molecule has 0 radical (unpaired) electrons. The van der Waals surface area contributed by atoms with Gasteiger partial charge in [-0.3, -0.25) is 4.68 Å². The predicted molar refractivity (Wildman–Crippen MR) is 93.5 cm³/mol. The Hall–Kier alpha value is -2.90. The van der Waals surface area contributed by atoms with Gasteiger partial charge in [-0.15, -0.1) is 0 Å². The standard InChI is InChI=1S/C16H21N7O/c1-10-13-6-11(7-17-16-18-8-12(24-5)9-19-16)14(22(2)3)20-15(13)23(4)21-10/h6,8-9H,7H2,1-5H3,(H,17,18,19). The molecule has 0 saturated heterocycles. The number of nitrogens with zero attached hydrogens (tertiary/aromatic N) is 6. The number of pyridine rings is 1. The van der Waals surface area contributed by atoms with E-state index in [-0.39, 0.29) is 0 Å². The Balaban J connectivity index is 1.91. The molecule has 0 saturated carbocycles. The second kappa shape index (κ2) is 6.31. The number of ether oxygens (including phenoxy) is 1. The topological polar surface area (TPSA) is 81.0 Å². The minimum atomic E-state index is 0.545. The molecule has 0 unspecified atom stereocenters. The molecule has 0 fully saturated rings. The third-order valence-electron chi connectivity index (χ3n) is 3.78. The van der Waals surface area contributed by atoms with Gasteiger partial charge in [0.15, 0.2) is 11.4 Å². The fourth-order valence-electron chi connectivity index (χ4n) is 2.58. The monoisotopic (exact) mass is 327 g/mol. The summed E-state index contributed by atoms with van der Waals surface area (Å²) in [5.41, 5.74) is 2.90. The van der Waals surface area contributed by atoms with Crippen LogP contribution in [0.15, 0.2) is 18.5 Å². The van der Waals surface area contributed by atoms with Gasteiger partial charge >= 0.3 is 0 Å². The highest BCUT2D eigenvalue weighted by Crippen LogP contribution is 2.24. The first kappa shape index (κ1) is 16.0. The van der Waals surface area contributed by atoms with Gasteiger partial charge in [0.2, 0.25) is 5.95 Å². The van der Waals surface area contributed by atoms with Crippen molar-refractivity contribution in [2.75, 3.05) is 31.4 Å². The molecule has 8 nitrogen and oxygen atoms in total. The average Bonchev–Trinajstić information content (AvgIpc) is 2.86. The molecule has 0 atom stereocenters. The van der Waals surface area contributed by atoms with Crippen LogP contribution >= 0.6 is 0 Å². The van der Waals surface area contributed by atoms with E-state index in [1.165, 1.54) is 0 Å². The van der Waals surface area contributed by atoms with Crippen LogP contribution in [0.3, 0.4) is 0 Å². The van der Waals surface area contributed by atoms with Crippen molar-refractivity contribution in [3.8, 4) is 5.75 Å². The summed E-state index contributed by atoms with van der Waals surface area (Å²) in [7, 11) is 7.45. The minimum absolute atomic E-state index is 0.545. The van der Waals surface area contributed by atoms with Gasteiger partial charge in [0, 0.05) is 38.6 Å². The molecule has 24 heavy (non-hydrogen) atoms. The van der Waals surface area contributed by atoms with E-state index in [0.29, 0.717) is 18.2 Å². The van der Waals surface area contributed by atoms with Crippen molar-refractivity contribution >= 4 is 22.8 Å². The number of hydrogen-bond donors (Lipinski definition) is 1. The number of fused-ring (bicyclic) bond motifs is 1. The second-order valence-electron chi connectivity index (χ2n) is 5.75. The number of nitrogens with one attached hydrogen (secondary N) is 1. The molecule has 0 aliphatic heterocycles. The maximum atomic E-state index is 5.07. The van der Waals surface area contributed by atoms with E-state index in [1.54, 1.807) is 19.5 Å². The van der Waals surface area contributed by atoms with E-state index in [0.717, 1.165) is 28.1 Å². The van der Waals surface area contributed by atoms with E-state index in [1.807, 2.05) is 37.6 Å². The van der Waals surface area contributed by atoms with Gasteiger partial charge in [0.25, 0.3) is 0 Å². The lowest BCUT2D eigenvalue weighted by Crippen LogP contribution is -2.16. The lowest BCUT2D eigenvalue weighted by atomic mass is 10.2. The first-order valence-corrected chi connectivity index (χ1v) is 7.60. The molecule has 3 rings (SSSR count). The van der Waals surface area contributed by atoms with Crippen LogP contribution in [0.5, 0.6) is 5.75 Å². The molecule has 0 bridgehead atoms. The summed E-state index contributed by atoms with van der Waals surface area (Å²) in [6.45, 7) is 2.56. The summed E-state index contributed by atoms with van der Waals surface area (Å²) >= 11 is 0. The van der Waals surface area contributed by atoms with Crippen molar-refractivity contribution < 1.29 is 4.74 Å². The number of aromatic nitrogens is 5. The average molecular weight is 327 g/mol. The van der Waals surface area contributed by atoms with Gasteiger partial charge in [-0.25, -0.2) is 15.0 Å². The third kappa shape index (κ3) is 2.94. The maximum absolute atomic E-state index is 5.07. The zero-order valence-corrected chi connectivity index (χ0v) is 14.5. The number of rotatable bonds is 5. The molecule has 126 valence electrons. The highest BCUT2D eigenvalue weighted by Gasteiger charge is 2.14. The summed E-state index contributed by atoms with van der Waals surface area (Å²) < 4.78 is 6.87. The smallest absolute Gasteiger partial charge is 0.223 e. The van der Waals surface area contributed by atoms with Crippen LogP contribution in [0, 0.1) is 6.92 Å². The van der Waals surface area contributed by atoms with Crippen molar-refractivity contribution in [1.29, 1.82) is 0 Å². The van der Waals surface area contributed by atoms with Crippen LogP contribution in [-0.4, -0.2) is 45.9 Å². The molecular formula is C16H21N7O. The molecule has 0 aliphatic carbocycles. The third-order valence-corrected chi connectivity index (χ3v) is 3.78. The summed E-state index contributed by atoms with van der Waals surface area (Å²) in [4.78, 5) is 15.2. The molecule has 0 aromatic carbocycles. The Morgan fingerprint density at radius 3 is 2.58 bits per heavy atom. The van der Waals surface area contributed by atoms with Crippen LogP contribution < -0.4 is 15.0 Å². The van der Waals surface area contributed by atoms with Gasteiger partial charge in [0.1, 0.15) is 5.82 Å². The van der Waals surface area contributed by atoms with Crippen molar-refractivity contribution in [2.24, 2.45) is 7.05 Å². The summed E-state index contributed by atoms with van der Waals surface area (Å²) in [6, 6.07) is 2.12. The number of methoxy groups -OCH3 is 1. The number of hydrogen-bond acceptors (Lipinski definition) is 7. The second-order valence-corrected chi connectivity index (χ2v) is 5.75. The quantitative estimate of drug-likeness (QED) is 0.764. The molecule has 0 spiro atoms. The Morgan fingerprint density at radius 1 is 1.25 bits per heavy atom. The van der Waals surface area contributed by atoms with Crippen LogP contribution in [0.25, 0.3) is 11.0 Å². The van der Waals surface area contributed by atoms with Crippen molar-refractivity contribution in [3.63, 3.8) is 0 Å². The van der Waals surface area contributed by atoms with Gasteiger partial charge in [-0.05, 0) is 13.0 Å². The van der Waals surface area contributed by atoms with E-state index in [9.17, 15) is 0 Å². The Kier molecular flexibility index (Phi) is 4.20. The summed E-state index contributed by atoms with van der Waals surface area (Å²) in [5, 5.41) is 8.72. The van der Waals surface area contributed by atoms with Gasteiger partial charge in [0.05, 0.1) is 25.2 Å². The van der Waals surface area contributed by atoms with Crippen LogP contribution in [0.4, 0.5) is 11.8 Å². The molecule has 0 amide bonds. The summed E-state index contributed by atoms with van der Waals surface area (Å²) in [5.74, 6) is 2.07. The van der Waals surface area contributed by atoms with Gasteiger partial charge in [-0.1, -0.05) is 0 Å². The van der Waals surface area contributed by atoms with Crippen LogP contribution in [-0.2, 0) is 13.6 Å². The predicted octanol–water partition coefficient (Wildman–Crippen LogP) is 1.75. The van der Waals surface area contributed by atoms with Crippen molar-refractivity contribution in [1.82, 2.24) is 24.7 Å². The minimum Gasteiger partial charge on any atom is -0.494 e. The molecule has 1 N–H and O–H groups in total. The van der Waals surface area contributed by atoms with E-state index in [2.05, 4.69) is 26.4 Å². The largest absolute Gasteiger partial charge is 0.494 e. The highest BCUT2D eigenvalue weighted by atomic mass is 16.5. The Bertz CT molecular complexity index is 855. The highest BCUT2D eigenvalue weighted by molar-refractivity contribution is 5.81. The van der Waals surface area contributed by atoms with E-state index in [4.69, 9.17) is 9.72 Å². The fourth-order valence-corrected chi connectivity index (χ4v) is 2.58. The Morgan fingerprint density at radius 2 is 1.96 bits per heavy atom. The lowest BCUT2D eigenvalue weighted by molar-refractivity contribution is 0.411. The van der Waals surface area contributed by atoms with Crippen LogP contribution in [0.2, 0.25) is 0 Å². The zero-order valence-electron chi connectivity index (χ0n) is 14.5. The molecule has 8 heteroatoms. The fraction of sp³-hybridized carbons (Fsp3) is 0.375. The van der Waals surface area contributed by atoms with Crippen LogP contribution in [0.1, 0.15) is 11.3 Å². The Labute approximate surface area is 140 Å².